The first-order valence-electron chi connectivity index (χ1n) is 11.5. The third-order valence-electron chi connectivity index (χ3n) is 6.36. The number of piperidine rings is 1. The summed E-state index contributed by atoms with van der Waals surface area (Å²) in [4.78, 5) is 4.24. The number of nitrogens with zero attached hydrogens (tertiary/aromatic N) is 6. The minimum absolute atomic E-state index is 0.0195. The molecular weight excluding hydrogens is 428 g/mol. The van der Waals surface area contributed by atoms with Gasteiger partial charge in [-0.3, -0.25) is 0 Å². The number of rotatable bonds is 4. The van der Waals surface area contributed by atoms with Crippen molar-refractivity contribution in [3.63, 3.8) is 0 Å². The van der Waals surface area contributed by atoms with E-state index in [0.29, 0.717) is 22.4 Å². The van der Waals surface area contributed by atoms with Crippen molar-refractivity contribution in [1.29, 1.82) is 0 Å². The monoisotopic (exact) mass is 458 g/mol. The molecule has 0 bridgehead atoms. The predicted octanol–water partition coefficient (Wildman–Crippen LogP) is 4.18. The van der Waals surface area contributed by atoms with Crippen LogP contribution in [0.3, 0.4) is 0 Å². The van der Waals surface area contributed by atoms with Gasteiger partial charge in [0.25, 0.3) is 0 Å². The smallest absolute Gasteiger partial charge is 0.201 e. The number of pyridine rings is 1. The van der Waals surface area contributed by atoms with Crippen LogP contribution in [0.5, 0.6) is 5.75 Å². The second-order valence-corrected chi connectivity index (χ2v) is 10.3. The highest BCUT2D eigenvalue weighted by Crippen LogP contribution is 2.37. The first kappa shape index (κ1) is 22.2. The number of aromatic hydroxyl groups is 1. The molecule has 9 nitrogen and oxygen atoms in total. The van der Waals surface area contributed by atoms with E-state index in [0.717, 1.165) is 29.8 Å². The lowest BCUT2D eigenvalue weighted by atomic mass is 9.80. The minimum atomic E-state index is -0.0195. The summed E-state index contributed by atoms with van der Waals surface area (Å²) >= 11 is 0. The predicted molar refractivity (Wildman–Crippen MR) is 133 cm³/mol. The molecule has 0 amide bonds. The molecule has 9 heteroatoms. The van der Waals surface area contributed by atoms with E-state index >= 15 is 0 Å². The highest BCUT2D eigenvalue weighted by Gasteiger charge is 2.39. The second kappa shape index (κ2) is 8.02. The van der Waals surface area contributed by atoms with Crippen LogP contribution in [-0.4, -0.2) is 53.4 Å². The molecule has 1 saturated heterocycles. The SMILES string of the molecule is CNc1cc(-c2ccc(-c3cc4nnn(C5CC(C)(C)NC(C)(C)C5)c4nn3)c(O)c2)ccn1. The molecule has 0 saturated carbocycles. The fourth-order valence-corrected chi connectivity index (χ4v) is 5.24. The Hall–Kier alpha value is -3.59. The van der Waals surface area contributed by atoms with Gasteiger partial charge in [-0.15, -0.1) is 15.3 Å². The van der Waals surface area contributed by atoms with Gasteiger partial charge in [0.05, 0.1) is 11.7 Å². The maximum Gasteiger partial charge on any atom is 0.201 e. The topological polar surface area (TPSA) is 114 Å². The van der Waals surface area contributed by atoms with Gasteiger partial charge < -0.3 is 15.7 Å². The van der Waals surface area contributed by atoms with Crippen molar-refractivity contribution in [3.05, 3.63) is 42.6 Å². The first-order chi connectivity index (χ1) is 16.1. The molecule has 1 aliphatic rings. The zero-order valence-corrected chi connectivity index (χ0v) is 20.2. The molecule has 1 aromatic carbocycles. The number of hydrogen-bond donors (Lipinski definition) is 3. The van der Waals surface area contributed by atoms with Crippen molar-refractivity contribution in [2.45, 2.75) is 57.7 Å². The average molecular weight is 459 g/mol. The van der Waals surface area contributed by atoms with E-state index in [-0.39, 0.29) is 22.9 Å². The summed E-state index contributed by atoms with van der Waals surface area (Å²) in [5, 5.41) is 35.2. The lowest BCUT2D eigenvalue weighted by Crippen LogP contribution is -2.58. The van der Waals surface area contributed by atoms with Gasteiger partial charge in [0, 0.05) is 29.9 Å². The number of phenolic OH excluding ortho intramolecular Hbond substituents is 1. The van der Waals surface area contributed by atoms with Crippen molar-refractivity contribution in [2.24, 2.45) is 0 Å². The third kappa shape index (κ3) is 4.19. The molecule has 0 atom stereocenters. The minimum Gasteiger partial charge on any atom is -0.507 e. The molecule has 0 aliphatic carbocycles. The van der Waals surface area contributed by atoms with Crippen LogP contribution in [0.15, 0.2) is 42.6 Å². The Balaban J connectivity index is 1.47. The molecular formula is C25H30N8O. The maximum atomic E-state index is 10.8. The van der Waals surface area contributed by atoms with E-state index in [1.807, 2.05) is 42.1 Å². The molecule has 4 heterocycles. The largest absolute Gasteiger partial charge is 0.507 e. The van der Waals surface area contributed by atoms with E-state index in [4.69, 9.17) is 0 Å². The summed E-state index contributed by atoms with van der Waals surface area (Å²) in [6, 6.07) is 11.4. The van der Waals surface area contributed by atoms with Gasteiger partial charge in [-0.1, -0.05) is 11.3 Å². The Morgan fingerprint density at radius 1 is 0.971 bits per heavy atom. The zero-order valence-electron chi connectivity index (χ0n) is 20.2. The molecule has 0 spiro atoms. The summed E-state index contributed by atoms with van der Waals surface area (Å²) in [7, 11) is 1.82. The molecule has 3 aromatic heterocycles. The van der Waals surface area contributed by atoms with Crippen LogP contribution in [0.25, 0.3) is 33.5 Å². The number of fused-ring (bicyclic) bond motifs is 1. The summed E-state index contributed by atoms with van der Waals surface area (Å²) < 4.78 is 1.90. The number of benzene rings is 1. The van der Waals surface area contributed by atoms with E-state index in [2.05, 4.69) is 63.8 Å². The van der Waals surface area contributed by atoms with Crippen LogP contribution in [0, 0.1) is 0 Å². The van der Waals surface area contributed by atoms with Gasteiger partial charge in [0.15, 0.2) is 0 Å². The number of anilines is 1. The van der Waals surface area contributed by atoms with Gasteiger partial charge in [-0.2, -0.15) is 0 Å². The molecule has 0 unspecified atom stereocenters. The van der Waals surface area contributed by atoms with Crippen LogP contribution in [0.2, 0.25) is 0 Å². The van der Waals surface area contributed by atoms with Crippen molar-refractivity contribution in [1.82, 2.24) is 35.5 Å². The van der Waals surface area contributed by atoms with Crippen LogP contribution in [0.1, 0.15) is 46.6 Å². The standard InChI is InChI=1S/C25H30N8O/c1-24(2)13-17(14-25(3,4)31-24)33-23-20(29-32-33)12-19(28-30-23)18-7-6-15(10-21(18)34)16-8-9-27-22(11-16)26-5/h6-12,17,31,34H,13-14H2,1-5H3,(H,26,27). The number of hydrogen-bond acceptors (Lipinski definition) is 8. The van der Waals surface area contributed by atoms with Crippen molar-refractivity contribution < 1.29 is 5.11 Å². The molecule has 4 aromatic rings. The Kier molecular flexibility index (Phi) is 5.24. The molecule has 5 rings (SSSR count). The number of nitrogens with one attached hydrogen (secondary N) is 2. The fraction of sp³-hybridized carbons (Fsp3) is 0.400. The zero-order chi connectivity index (χ0) is 24.1. The second-order valence-electron chi connectivity index (χ2n) is 10.3. The Bertz CT molecular complexity index is 1340. The van der Waals surface area contributed by atoms with E-state index in [1.165, 1.54) is 0 Å². The third-order valence-corrected chi connectivity index (χ3v) is 6.36. The van der Waals surface area contributed by atoms with Crippen molar-refractivity contribution >= 4 is 17.0 Å². The number of phenols is 1. The lowest BCUT2D eigenvalue weighted by molar-refractivity contribution is 0.127. The number of aromatic nitrogens is 6. The normalized spacial score (nSPS) is 17.7. The maximum absolute atomic E-state index is 10.8. The van der Waals surface area contributed by atoms with Crippen LogP contribution in [0.4, 0.5) is 5.82 Å². The molecule has 3 N–H and O–H groups in total. The van der Waals surface area contributed by atoms with Gasteiger partial charge in [-0.05, 0) is 82.0 Å². The van der Waals surface area contributed by atoms with Gasteiger partial charge in [-0.25, -0.2) is 9.67 Å². The Labute approximate surface area is 198 Å². The fourth-order valence-electron chi connectivity index (χ4n) is 5.24. The summed E-state index contributed by atoms with van der Waals surface area (Å²) in [5.41, 5.74) is 4.28. The van der Waals surface area contributed by atoms with Gasteiger partial charge >= 0.3 is 0 Å². The summed E-state index contributed by atoms with van der Waals surface area (Å²) in [5.74, 6) is 0.893. The Morgan fingerprint density at radius 2 is 1.71 bits per heavy atom. The highest BCUT2D eigenvalue weighted by atomic mass is 16.3. The quantitative estimate of drug-likeness (QED) is 0.417. The molecule has 1 fully saturated rings. The highest BCUT2D eigenvalue weighted by molar-refractivity contribution is 5.79. The van der Waals surface area contributed by atoms with Crippen LogP contribution < -0.4 is 10.6 Å². The molecule has 34 heavy (non-hydrogen) atoms. The summed E-state index contributed by atoms with van der Waals surface area (Å²) in [6.45, 7) is 8.84. The summed E-state index contributed by atoms with van der Waals surface area (Å²) in [6.07, 6.45) is 3.58. The molecule has 0 radical (unpaired) electrons. The van der Waals surface area contributed by atoms with E-state index < -0.39 is 0 Å². The van der Waals surface area contributed by atoms with E-state index in [1.54, 1.807) is 12.3 Å². The van der Waals surface area contributed by atoms with Gasteiger partial charge in [0.1, 0.15) is 17.1 Å². The lowest BCUT2D eigenvalue weighted by Gasteiger charge is -2.46. The first-order valence-corrected chi connectivity index (χ1v) is 11.5. The van der Waals surface area contributed by atoms with Gasteiger partial charge in [0.2, 0.25) is 5.65 Å². The molecule has 1 aliphatic heterocycles. The van der Waals surface area contributed by atoms with Crippen LogP contribution in [-0.2, 0) is 0 Å². The van der Waals surface area contributed by atoms with E-state index in [9.17, 15) is 5.11 Å². The van der Waals surface area contributed by atoms with Crippen molar-refractivity contribution in [2.75, 3.05) is 12.4 Å². The van der Waals surface area contributed by atoms with Crippen molar-refractivity contribution in [3.8, 4) is 28.1 Å². The molecule has 176 valence electrons. The average Bonchev–Trinajstić information content (AvgIpc) is 3.20. The van der Waals surface area contributed by atoms with Crippen LogP contribution >= 0.6 is 0 Å². The Morgan fingerprint density at radius 3 is 2.41 bits per heavy atom.